The molecule has 5 nitrogen and oxygen atoms in total. The summed E-state index contributed by atoms with van der Waals surface area (Å²) in [5, 5.41) is 21.0. The number of hydrogen-bond donors (Lipinski definition) is 3. The summed E-state index contributed by atoms with van der Waals surface area (Å²) >= 11 is 0. The van der Waals surface area contributed by atoms with Crippen molar-refractivity contribution >= 4 is 5.84 Å². The summed E-state index contributed by atoms with van der Waals surface area (Å²) in [5.74, 6) is 0.619. The number of nitrogens with two attached hydrogens (primary N) is 1. The number of likely N-dealkylation sites (tertiary alicyclic amines) is 1. The van der Waals surface area contributed by atoms with Gasteiger partial charge >= 0.3 is 0 Å². The van der Waals surface area contributed by atoms with Gasteiger partial charge in [-0.3, -0.25) is 4.90 Å². The Bertz CT molecular complexity index is 274. The number of aliphatic hydroxyl groups excluding tert-OH is 1. The van der Waals surface area contributed by atoms with E-state index in [4.69, 9.17) is 10.9 Å². The number of hydrogen-bond acceptors (Lipinski definition) is 4. The minimum absolute atomic E-state index is 0.256. The molecule has 1 aliphatic heterocycles. The van der Waals surface area contributed by atoms with Gasteiger partial charge in [0.05, 0.1) is 6.54 Å². The Labute approximate surface area is 95.9 Å². The van der Waals surface area contributed by atoms with Crippen LogP contribution >= 0.6 is 0 Å². The van der Waals surface area contributed by atoms with Crippen molar-refractivity contribution in [1.29, 1.82) is 0 Å². The zero-order chi connectivity index (χ0) is 11.6. The van der Waals surface area contributed by atoms with E-state index >= 15 is 0 Å². The summed E-state index contributed by atoms with van der Waals surface area (Å²) in [6, 6.07) is 0. The molecule has 2 rings (SSSR count). The number of oxime groups is 1. The van der Waals surface area contributed by atoms with Crippen molar-refractivity contribution in [3.05, 3.63) is 0 Å². The highest BCUT2D eigenvalue weighted by atomic mass is 16.4. The van der Waals surface area contributed by atoms with E-state index in [-0.39, 0.29) is 12.4 Å². The summed E-state index contributed by atoms with van der Waals surface area (Å²) in [5.41, 5.74) is 5.82. The largest absolute Gasteiger partial charge is 0.409 e. The van der Waals surface area contributed by atoms with Gasteiger partial charge in [0.2, 0.25) is 0 Å². The summed E-state index contributed by atoms with van der Waals surface area (Å²) in [6.45, 7) is 2.61. The predicted octanol–water partition coefficient (Wildman–Crippen LogP) is 0.217. The Kier molecular flexibility index (Phi) is 3.35. The Hall–Kier alpha value is -0.810. The van der Waals surface area contributed by atoms with E-state index in [0.717, 1.165) is 13.1 Å². The molecule has 1 aliphatic carbocycles. The molecule has 1 heterocycles. The molecule has 0 aromatic rings. The lowest BCUT2D eigenvalue weighted by molar-refractivity contribution is 0.137. The summed E-state index contributed by atoms with van der Waals surface area (Å²) < 4.78 is 0. The Morgan fingerprint density at radius 2 is 2.12 bits per heavy atom. The second-order valence-electron chi connectivity index (χ2n) is 5.21. The van der Waals surface area contributed by atoms with Gasteiger partial charge < -0.3 is 16.0 Å². The zero-order valence-electron chi connectivity index (χ0n) is 9.60. The van der Waals surface area contributed by atoms with Crippen LogP contribution in [0.3, 0.4) is 0 Å². The molecular formula is C11H21N3O2. The monoisotopic (exact) mass is 227 g/mol. The molecule has 1 saturated carbocycles. The van der Waals surface area contributed by atoms with Gasteiger partial charge in [0, 0.05) is 25.6 Å². The lowest BCUT2D eigenvalue weighted by Gasteiger charge is -2.28. The average Bonchev–Trinajstić information content (AvgIpc) is 2.87. The quantitative estimate of drug-likeness (QED) is 0.279. The van der Waals surface area contributed by atoms with E-state index < -0.39 is 0 Å². The fourth-order valence-corrected chi connectivity index (χ4v) is 3.42. The standard InChI is InChI=1S/C11H21N3O2/c12-10(13-16)6-14-5-9(7-15)11(8-14)3-1-2-4-11/h9,15-16H,1-8H2,(H2,12,13)/t9-/m1/s1. The lowest BCUT2D eigenvalue weighted by Crippen LogP contribution is -2.33. The maximum absolute atomic E-state index is 9.46. The highest BCUT2D eigenvalue weighted by Crippen LogP contribution is 2.48. The first-order chi connectivity index (χ1) is 7.70. The molecule has 92 valence electrons. The molecule has 0 aromatic heterocycles. The van der Waals surface area contributed by atoms with Crippen LogP contribution < -0.4 is 5.73 Å². The van der Waals surface area contributed by atoms with Crippen molar-refractivity contribution in [2.24, 2.45) is 22.2 Å². The molecular weight excluding hydrogens is 206 g/mol. The van der Waals surface area contributed by atoms with E-state index in [2.05, 4.69) is 10.1 Å². The van der Waals surface area contributed by atoms with Gasteiger partial charge in [-0.25, -0.2) is 0 Å². The van der Waals surface area contributed by atoms with Crippen molar-refractivity contribution in [3.63, 3.8) is 0 Å². The molecule has 2 aliphatic rings. The molecule has 0 aromatic carbocycles. The first kappa shape index (κ1) is 11.7. The molecule has 0 bridgehead atoms. The van der Waals surface area contributed by atoms with Crippen molar-refractivity contribution in [2.75, 3.05) is 26.2 Å². The number of nitrogens with zero attached hydrogens (tertiary/aromatic N) is 2. The molecule has 4 N–H and O–H groups in total. The SMILES string of the molecule is NC(CN1C[C@H](CO)C2(CCCC2)C1)=NO. The fourth-order valence-electron chi connectivity index (χ4n) is 3.42. The third-order valence-corrected chi connectivity index (χ3v) is 4.22. The van der Waals surface area contributed by atoms with E-state index in [9.17, 15) is 5.11 Å². The molecule has 1 atom stereocenters. The highest BCUT2D eigenvalue weighted by Gasteiger charge is 2.47. The summed E-state index contributed by atoms with van der Waals surface area (Å²) in [6.07, 6.45) is 4.97. The number of aliphatic hydroxyl groups is 1. The van der Waals surface area contributed by atoms with Gasteiger partial charge in [-0.15, -0.1) is 0 Å². The molecule has 16 heavy (non-hydrogen) atoms. The maximum Gasteiger partial charge on any atom is 0.153 e. The highest BCUT2D eigenvalue weighted by molar-refractivity contribution is 5.81. The van der Waals surface area contributed by atoms with Gasteiger partial charge in [-0.05, 0) is 18.3 Å². The van der Waals surface area contributed by atoms with E-state index in [0.29, 0.717) is 17.9 Å². The van der Waals surface area contributed by atoms with Crippen molar-refractivity contribution < 1.29 is 10.3 Å². The van der Waals surface area contributed by atoms with Gasteiger partial charge in [0.15, 0.2) is 5.84 Å². The summed E-state index contributed by atoms with van der Waals surface area (Å²) in [4.78, 5) is 2.20. The minimum Gasteiger partial charge on any atom is -0.409 e. The molecule has 0 radical (unpaired) electrons. The van der Waals surface area contributed by atoms with Crippen LogP contribution in [-0.4, -0.2) is 47.3 Å². The van der Waals surface area contributed by atoms with Crippen molar-refractivity contribution in [1.82, 2.24) is 4.90 Å². The van der Waals surface area contributed by atoms with Gasteiger partial charge in [-0.1, -0.05) is 18.0 Å². The second kappa shape index (κ2) is 4.59. The minimum atomic E-state index is 0.256. The first-order valence-electron chi connectivity index (χ1n) is 6.00. The molecule has 1 spiro atoms. The zero-order valence-corrected chi connectivity index (χ0v) is 9.60. The van der Waals surface area contributed by atoms with Crippen LogP contribution in [0.15, 0.2) is 5.16 Å². The fraction of sp³-hybridized carbons (Fsp3) is 0.909. The maximum atomic E-state index is 9.46. The molecule has 1 saturated heterocycles. The van der Waals surface area contributed by atoms with Crippen LogP contribution in [0.5, 0.6) is 0 Å². The van der Waals surface area contributed by atoms with Crippen molar-refractivity contribution in [3.8, 4) is 0 Å². The van der Waals surface area contributed by atoms with Gasteiger partial charge in [0.25, 0.3) is 0 Å². The van der Waals surface area contributed by atoms with Crippen molar-refractivity contribution in [2.45, 2.75) is 25.7 Å². The normalized spacial score (nSPS) is 30.3. The third kappa shape index (κ3) is 2.01. The summed E-state index contributed by atoms with van der Waals surface area (Å²) in [7, 11) is 0. The topological polar surface area (TPSA) is 82.1 Å². The Morgan fingerprint density at radius 3 is 2.69 bits per heavy atom. The Morgan fingerprint density at radius 1 is 1.44 bits per heavy atom. The Balaban J connectivity index is 2.01. The molecule has 0 unspecified atom stereocenters. The van der Waals surface area contributed by atoms with Crippen LogP contribution in [-0.2, 0) is 0 Å². The van der Waals surface area contributed by atoms with Crippen LogP contribution in [0.4, 0.5) is 0 Å². The van der Waals surface area contributed by atoms with E-state index in [1.54, 1.807) is 0 Å². The second-order valence-corrected chi connectivity index (χ2v) is 5.21. The van der Waals surface area contributed by atoms with E-state index in [1.165, 1.54) is 25.7 Å². The third-order valence-electron chi connectivity index (χ3n) is 4.22. The molecule has 0 amide bonds. The van der Waals surface area contributed by atoms with Crippen LogP contribution in [0.25, 0.3) is 0 Å². The van der Waals surface area contributed by atoms with E-state index in [1.807, 2.05) is 0 Å². The lowest BCUT2D eigenvalue weighted by atomic mass is 9.77. The average molecular weight is 227 g/mol. The van der Waals surface area contributed by atoms with Crippen LogP contribution in [0.1, 0.15) is 25.7 Å². The number of rotatable bonds is 3. The molecule has 2 fully saturated rings. The van der Waals surface area contributed by atoms with Gasteiger partial charge in [-0.2, -0.15) is 0 Å². The van der Waals surface area contributed by atoms with Crippen LogP contribution in [0.2, 0.25) is 0 Å². The van der Waals surface area contributed by atoms with Gasteiger partial charge in [0.1, 0.15) is 0 Å². The molecule has 5 heteroatoms. The van der Waals surface area contributed by atoms with Crippen LogP contribution in [0, 0.1) is 11.3 Å². The number of amidine groups is 1. The predicted molar refractivity (Wildman–Crippen MR) is 61.3 cm³/mol. The smallest absolute Gasteiger partial charge is 0.153 e. The first-order valence-corrected chi connectivity index (χ1v) is 6.00.